The van der Waals surface area contributed by atoms with Crippen LogP contribution in [0.4, 0.5) is 13.2 Å². The first-order valence-corrected chi connectivity index (χ1v) is 10.6. The Morgan fingerprint density at radius 3 is 2.66 bits per heavy atom. The highest BCUT2D eigenvalue weighted by molar-refractivity contribution is 8.14. The van der Waals surface area contributed by atoms with Crippen LogP contribution < -0.4 is 10.5 Å². The zero-order valence-corrected chi connectivity index (χ0v) is 17.6. The number of hydrogen-bond acceptors (Lipinski definition) is 6. The van der Waals surface area contributed by atoms with Gasteiger partial charge in [0.1, 0.15) is 12.4 Å². The minimum absolute atomic E-state index is 0.0576. The first-order chi connectivity index (χ1) is 13.7. The van der Waals surface area contributed by atoms with Crippen molar-refractivity contribution in [1.82, 2.24) is 0 Å². The van der Waals surface area contributed by atoms with Crippen molar-refractivity contribution in [3.8, 4) is 5.75 Å². The molecule has 1 unspecified atom stereocenters. The number of benzene rings is 1. The maximum absolute atomic E-state index is 13.6. The van der Waals surface area contributed by atoms with Crippen molar-refractivity contribution in [3.63, 3.8) is 0 Å². The summed E-state index contributed by atoms with van der Waals surface area (Å²) >= 11 is 1.29. The average Bonchev–Trinajstić information content (AvgIpc) is 3.18. The molecule has 5 nitrogen and oxygen atoms in total. The summed E-state index contributed by atoms with van der Waals surface area (Å²) in [6, 6.07) is 4.08. The van der Waals surface area contributed by atoms with Crippen LogP contribution in [-0.4, -0.2) is 48.7 Å². The Hall–Kier alpha value is -1.29. The van der Waals surface area contributed by atoms with Gasteiger partial charge in [-0.25, -0.2) is 0 Å². The lowest BCUT2D eigenvalue weighted by molar-refractivity contribution is -0.139. The fraction of sp³-hybridized carbons (Fsp3) is 0.650. The molecular formula is C20H29F3N2O3S. The van der Waals surface area contributed by atoms with E-state index in [0.29, 0.717) is 23.8 Å². The number of aliphatic hydroxyl groups excluding tert-OH is 1. The summed E-state index contributed by atoms with van der Waals surface area (Å²) in [7, 11) is 0. The van der Waals surface area contributed by atoms with Crippen LogP contribution in [0.25, 0.3) is 0 Å². The molecule has 1 aromatic carbocycles. The minimum Gasteiger partial charge on any atom is -0.491 e. The minimum atomic E-state index is -4.53. The average molecular weight is 435 g/mol. The molecule has 0 aromatic heterocycles. The second kappa shape index (κ2) is 10.7. The molecule has 2 rings (SSSR count). The number of thioether (sulfide) groups is 1. The molecule has 9 heteroatoms. The predicted molar refractivity (Wildman–Crippen MR) is 110 cm³/mol. The van der Waals surface area contributed by atoms with Crippen LogP contribution in [0, 0.1) is 0 Å². The van der Waals surface area contributed by atoms with Crippen LogP contribution in [0.15, 0.2) is 23.2 Å². The largest absolute Gasteiger partial charge is 0.491 e. The van der Waals surface area contributed by atoms with E-state index in [0.717, 1.165) is 25.3 Å². The first kappa shape index (κ1) is 24.0. The van der Waals surface area contributed by atoms with E-state index in [2.05, 4.69) is 11.9 Å². The molecule has 164 valence electrons. The van der Waals surface area contributed by atoms with Gasteiger partial charge in [0.15, 0.2) is 0 Å². The number of aliphatic hydroxyl groups is 1. The highest BCUT2D eigenvalue weighted by Crippen LogP contribution is 2.42. The lowest BCUT2D eigenvalue weighted by Gasteiger charge is -2.22. The zero-order valence-electron chi connectivity index (χ0n) is 16.8. The number of rotatable bonds is 11. The molecule has 0 spiro atoms. The highest BCUT2D eigenvalue weighted by Gasteiger charge is 2.37. The molecule has 0 saturated heterocycles. The van der Waals surface area contributed by atoms with Crippen molar-refractivity contribution >= 4 is 16.8 Å². The molecule has 0 fully saturated rings. The Morgan fingerprint density at radius 2 is 2.00 bits per heavy atom. The summed E-state index contributed by atoms with van der Waals surface area (Å²) in [4.78, 5) is 4.31. The third-order valence-corrected chi connectivity index (χ3v) is 6.05. The second-order valence-corrected chi connectivity index (χ2v) is 8.44. The van der Waals surface area contributed by atoms with Gasteiger partial charge >= 0.3 is 6.18 Å². The Kier molecular flexibility index (Phi) is 8.81. The molecular weight excluding hydrogens is 405 g/mol. The van der Waals surface area contributed by atoms with Crippen molar-refractivity contribution in [2.45, 2.75) is 50.1 Å². The molecule has 1 aliphatic rings. The maximum Gasteiger partial charge on any atom is 0.419 e. The van der Waals surface area contributed by atoms with E-state index in [9.17, 15) is 18.3 Å². The Morgan fingerprint density at radius 1 is 1.24 bits per heavy atom. The summed E-state index contributed by atoms with van der Waals surface area (Å²) in [5.74, 6) is -0.207. The SMILES string of the molecule is CCCCCOCCOc1ccc(C2CN=C([C@@](C)(N)CO)S2)cc1C(F)(F)F. The third kappa shape index (κ3) is 6.87. The fourth-order valence-corrected chi connectivity index (χ4v) is 3.98. The van der Waals surface area contributed by atoms with E-state index < -0.39 is 17.3 Å². The van der Waals surface area contributed by atoms with Crippen LogP contribution in [-0.2, 0) is 10.9 Å². The molecule has 29 heavy (non-hydrogen) atoms. The number of unbranched alkanes of at least 4 members (excludes halogenated alkanes) is 2. The van der Waals surface area contributed by atoms with Gasteiger partial charge in [-0.2, -0.15) is 13.2 Å². The van der Waals surface area contributed by atoms with Gasteiger partial charge in [0, 0.05) is 6.61 Å². The topological polar surface area (TPSA) is 77.1 Å². The van der Waals surface area contributed by atoms with Crippen LogP contribution in [0.5, 0.6) is 5.75 Å². The van der Waals surface area contributed by atoms with Crippen molar-refractivity contribution in [1.29, 1.82) is 0 Å². The summed E-state index contributed by atoms with van der Waals surface area (Å²) in [5.41, 5.74) is 4.67. The molecule has 2 atom stereocenters. The Bertz CT molecular complexity index is 696. The normalized spacial score (nSPS) is 19.1. The van der Waals surface area contributed by atoms with Crippen LogP contribution >= 0.6 is 11.8 Å². The monoisotopic (exact) mass is 434 g/mol. The number of nitrogens with two attached hydrogens (primary N) is 1. The standard InChI is InChI=1S/C20H29F3N2O3S/c1-3-4-5-8-27-9-10-28-16-7-6-14(11-15(16)20(21,22)23)17-12-25-18(29-17)19(2,24)13-26/h6-7,11,17,26H,3-5,8-10,12-13,24H2,1-2H3/t17?,19-/m0/s1. The van der Waals surface area contributed by atoms with Gasteiger partial charge in [0.25, 0.3) is 0 Å². The van der Waals surface area contributed by atoms with E-state index >= 15 is 0 Å². The number of hydrogen-bond donors (Lipinski definition) is 2. The summed E-state index contributed by atoms with van der Waals surface area (Å²) in [5, 5.41) is 9.63. The van der Waals surface area contributed by atoms with Gasteiger partial charge in [0.2, 0.25) is 0 Å². The first-order valence-electron chi connectivity index (χ1n) is 9.72. The van der Waals surface area contributed by atoms with Crippen molar-refractivity contribution in [3.05, 3.63) is 29.3 Å². The van der Waals surface area contributed by atoms with Crippen molar-refractivity contribution in [2.75, 3.05) is 33.0 Å². The molecule has 1 heterocycles. The molecule has 0 saturated carbocycles. The van der Waals surface area contributed by atoms with E-state index in [-0.39, 0.29) is 30.8 Å². The summed E-state index contributed by atoms with van der Waals surface area (Å²) < 4.78 is 51.4. The Labute approximate surface area is 173 Å². The van der Waals surface area contributed by atoms with Crippen molar-refractivity contribution in [2.24, 2.45) is 10.7 Å². The number of alkyl halides is 3. The number of aliphatic imine (C=N–C) groups is 1. The summed E-state index contributed by atoms with van der Waals surface area (Å²) in [6.45, 7) is 4.64. The number of ether oxygens (including phenoxy) is 2. The second-order valence-electron chi connectivity index (χ2n) is 7.25. The van der Waals surface area contributed by atoms with E-state index in [4.69, 9.17) is 15.2 Å². The lowest BCUT2D eigenvalue weighted by Crippen LogP contribution is -2.46. The van der Waals surface area contributed by atoms with Gasteiger partial charge in [-0.1, -0.05) is 37.6 Å². The Balaban J connectivity index is 2.01. The molecule has 0 amide bonds. The lowest BCUT2D eigenvalue weighted by atomic mass is 10.1. The van der Waals surface area contributed by atoms with Gasteiger partial charge in [-0.05, 0) is 31.0 Å². The van der Waals surface area contributed by atoms with Crippen LogP contribution in [0.2, 0.25) is 0 Å². The van der Waals surface area contributed by atoms with E-state index in [1.165, 1.54) is 17.8 Å². The molecule has 1 aliphatic heterocycles. The predicted octanol–water partition coefficient (Wildman–Crippen LogP) is 4.19. The molecule has 0 radical (unpaired) electrons. The smallest absolute Gasteiger partial charge is 0.419 e. The highest BCUT2D eigenvalue weighted by atomic mass is 32.2. The molecule has 0 aliphatic carbocycles. The summed E-state index contributed by atoms with van der Waals surface area (Å²) in [6.07, 6.45) is -1.46. The van der Waals surface area contributed by atoms with Crippen LogP contribution in [0.1, 0.15) is 49.5 Å². The van der Waals surface area contributed by atoms with Gasteiger partial charge in [0.05, 0.1) is 41.2 Å². The maximum atomic E-state index is 13.6. The van der Waals surface area contributed by atoms with E-state index in [1.54, 1.807) is 13.0 Å². The van der Waals surface area contributed by atoms with Gasteiger partial charge in [-0.15, -0.1) is 0 Å². The van der Waals surface area contributed by atoms with Crippen molar-refractivity contribution < 1.29 is 27.8 Å². The quantitative estimate of drug-likeness (QED) is 0.511. The molecule has 3 N–H and O–H groups in total. The van der Waals surface area contributed by atoms with E-state index in [1.807, 2.05) is 0 Å². The van der Waals surface area contributed by atoms with Gasteiger partial charge < -0.3 is 20.3 Å². The molecule has 0 bridgehead atoms. The number of halogens is 3. The zero-order chi connectivity index (χ0) is 21.5. The van der Waals surface area contributed by atoms with Gasteiger partial charge in [-0.3, -0.25) is 4.99 Å². The fourth-order valence-electron chi connectivity index (χ4n) is 2.79. The van der Waals surface area contributed by atoms with Crippen LogP contribution in [0.3, 0.4) is 0 Å². The number of nitrogens with zero attached hydrogens (tertiary/aromatic N) is 1. The third-order valence-electron chi connectivity index (χ3n) is 4.53. The molecule has 1 aromatic rings.